The van der Waals surface area contributed by atoms with E-state index in [1.807, 2.05) is 176 Å². The third-order valence-electron chi connectivity index (χ3n) is 11.6. The summed E-state index contributed by atoms with van der Waals surface area (Å²) in [5, 5.41) is 7.61. The maximum absolute atomic E-state index is 18.1. The fraction of sp³-hybridized carbons (Fsp3) is 0. The van der Waals surface area contributed by atoms with E-state index < -0.39 is 21.3 Å². The van der Waals surface area contributed by atoms with Gasteiger partial charge in [0.25, 0.3) is 0 Å². The summed E-state index contributed by atoms with van der Waals surface area (Å²) < 4.78 is 34.9. The minimum absolute atomic E-state index is 0.449. The Kier molecular flexibility index (Phi) is 10.7. The second kappa shape index (κ2) is 16.2. The molecule has 0 heterocycles. The zero-order valence-electron chi connectivity index (χ0n) is 33.0. The van der Waals surface area contributed by atoms with E-state index in [0.717, 1.165) is 42.4 Å². The molecule has 9 rings (SSSR count). The molecule has 0 aromatic heterocycles. The van der Waals surface area contributed by atoms with Crippen molar-refractivity contribution in [2.24, 2.45) is 0 Å². The van der Waals surface area contributed by atoms with Crippen LogP contribution in [0.2, 0.25) is 0 Å². The second-order valence-corrected chi connectivity index (χ2v) is 25.8. The molecule has 0 amide bonds. The van der Waals surface area contributed by atoms with Gasteiger partial charge >= 0.3 is 355 Å². The van der Waals surface area contributed by atoms with Crippen LogP contribution in [0.25, 0.3) is 0 Å². The summed E-state index contributed by atoms with van der Waals surface area (Å²) in [5.41, 5.74) is 0. The molecule has 0 aliphatic rings. The summed E-state index contributed by atoms with van der Waals surface area (Å²) in [5.74, 6) is 0. The topological polar surface area (TPSA) is 35.5 Å². The van der Waals surface area contributed by atoms with E-state index in [-0.39, 0.29) is 0 Å². The molecule has 0 aliphatic heterocycles. The van der Waals surface area contributed by atoms with Crippen molar-refractivity contribution in [1.29, 1.82) is 0 Å². The van der Waals surface area contributed by atoms with Gasteiger partial charge in [-0.3, -0.25) is 0 Å². The summed E-state index contributed by atoms with van der Waals surface area (Å²) in [7, 11) is -4.65. The summed E-state index contributed by atoms with van der Waals surface area (Å²) >= 11 is 0. The molecule has 0 spiro atoms. The molecule has 9 aromatic rings. The van der Waals surface area contributed by atoms with Gasteiger partial charge in [0.15, 0.2) is 0 Å². The van der Waals surface area contributed by atoms with E-state index in [9.17, 15) is 0 Å². The first-order valence-electron chi connectivity index (χ1n) is 20.1. The monoisotopic (exact) mass is 834 g/mol. The molecular weight excluding hydrogens is 790 g/mol. The van der Waals surface area contributed by atoms with Crippen molar-refractivity contribution in [2.45, 2.75) is 0 Å². The average molecular weight is 835 g/mol. The van der Waals surface area contributed by atoms with Gasteiger partial charge in [-0.2, -0.15) is 0 Å². The van der Waals surface area contributed by atoms with E-state index in [1.165, 1.54) is 0 Å². The Hall–Kier alpha value is -6.01. The van der Waals surface area contributed by atoms with Gasteiger partial charge in [0, 0.05) is 0 Å². The van der Waals surface area contributed by atoms with Crippen molar-refractivity contribution in [3.05, 3.63) is 273 Å². The zero-order valence-corrected chi connectivity index (χ0v) is 35.7. The standard InChI is InChI=1S/C54H45O3P3/c55-58(46-28-10-1-11-29-46,56-59(47-30-12-2-13-31-47,48-32-14-3-15-33-48,49-34-16-4-17-35-49)50-36-18-5-19-37-50)57-60(51-38-20-6-21-39-51,52-40-22-7-23-41-52,53-42-24-8-25-43-53)54-44-26-9-27-45-54/h1-45H. The molecule has 9 aromatic carbocycles. The van der Waals surface area contributed by atoms with Crippen molar-refractivity contribution in [3.63, 3.8) is 0 Å². The molecule has 0 N–H and O–H groups in total. The molecule has 6 heteroatoms. The van der Waals surface area contributed by atoms with Gasteiger partial charge in [0.2, 0.25) is 0 Å². The third kappa shape index (κ3) is 6.01. The molecule has 0 unspecified atom stereocenters. The maximum atomic E-state index is 18.1. The predicted molar refractivity (Wildman–Crippen MR) is 258 cm³/mol. The molecule has 0 fully saturated rings. The number of benzene rings is 9. The number of hydrogen-bond acceptors (Lipinski definition) is 3. The van der Waals surface area contributed by atoms with Crippen LogP contribution in [0.5, 0.6) is 0 Å². The first-order chi connectivity index (χ1) is 29.5. The van der Waals surface area contributed by atoms with Crippen molar-refractivity contribution in [3.8, 4) is 0 Å². The molecule has 0 saturated carbocycles. The van der Waals surface area contributed by atoms with Crippen molar-refractivity contribution in [2.75, 3.05) is 0 Å². The van der Waals surface area contributed by atoms with Gasteiger partial charge in [-0.05, 0) is 0 Å². The van der Waals surface area contributed by atoms with Crippen LogP contribution in [0.4, 0.5) is 0 Å². The normalized spacial score (nSPS) is 14.1. The van der Waals surface area contributed by atoms with Gasteiger partial charge < -0.3 is 0 Å². The van der Waals surface area contributed by atoms with E-state index in [0.29, 0.717) is 5.30 Å². The Morgan fingerprint density at radius 3 is 0.550 bits per heavy atom. The van der Waals surface area contributed by atoms with Crippen molar-refractivity contribution >= 4 is 69.0 Å². The van der Waals surface area contributed by atoms with E-state index in [2.05, 4.69) is 97.1 Å². The summed E-state index contributed by atoms with van der Waals surface area (Å²) in [6.07, 6.45) is 0. The van der Waals surface area contributed by atoms with E-state index in [4.69, 9.17) is 8.62 Å². The Balaban J connectivity index is 1.53. The van der Waals surface area contributed by atoms with Crippen LogP contribution in [0.1, 0.15) is 0 Å². The van der Waals surface area contributed by atoms with Crippen LogP contribution in [0.15, 0.2) is 273 Å². The number of rotatable bonds is 13. The van der Waals surface area contributed by atoms with Crippen molar-refractivity contribution < 1.29 is 13.2 Å². The number of hydrogen-bond donors (Lipinski definition) is 0. The van der Waals surface area contributed by atoms with Crippen LogP contribution in [-0.2, 0) is 13.2 Å². The van der Waals surface area contributed by atoms with Gasteiger partial charge in [-0.1, -0.05) is 0 Å². The Labute approximate surface area is 353 Å². The van der Waals surface area contributed by atoms with Crippen LogP contribution in [0, 0.1) is 0 Å². The Bertz CT molecular complexity index is 2320. The zero-order chi connectivity index (χ0) is 40.8. The van der Waals surface area contributed by atoms with Gasteiger partial charge in [-0.25, -0.2) is 0 Å². The average Bonchev–Trinajstić information content (AvgIpc) is 3.35. The molecular formula is C54H45O3P3. The fourth-order valence-corrected chi connectivity index (χ4v) is 26.7. The van der Waals surface area contributed by atoms with Crippen LogP contribution in [-0.4, -0.2) is 0 Å². The minimum atomic E-state index is -4.65. The fourth-order valence-electron chi connectivity index (χ4n) is 9.02. The molecule has 0 radical (unpaired) electrons. The van der Waals surface area contributed by atoms with Crippen LogP contribution >= 0.6 is 21.3 Å². The quantitative estimate of drug-likeness (QED) is 0.109. The first-order valence-corrected chi connectivity index (χ1v) is 26.0. The Morgan fingerprint density at radius 1 is 0.233 bits per heavy atom. The molecule has 294 valence electrons. The van der Waals surface area contributed by atoms with Gasteiger partial charge in [0.1, 0.15) is 0 Å². The SMILES string of the molecule is O=P(OP(c1ccccc1)(c1ccccc1)(c1ccccc1)c1ccccc1)(OP(c1ccccc1)(c1ccccc1)(c1ccccc1)c1ccccc1)c1ccccc1. The van der Waals surface area contributed by atoms with Crippen LogP contribution in [0.3, 0.4) is 0 Å². The van der Waals surface area contributed by atoms with Crippen molar-refractivity contribution in [1.82, 2.24) is 0 Å². The van der Waals surface area contributed by atoms with Gasteiger partial charge in [-0.15, -0.1) is 0 Å². The summed E-state index contributed by atoms with van der Waals surface area (Å²) in [6.45, 7) is -9.26. The molecule has 0 aliphatic carbocycles. The Morgan fingerprint density at radius 2 is 0.383 bits per heavy atom. The molecule has 0 bridgehead atoms. The molecule has 60 heavy (non-hydrogen) atoms. The predicted octanol–water partition coefficient (Wildman–Crippen LogP) is 10.1. The van der Waals surface area contributed by atoms with Crippen LogP contribution < -0.4 is 47.7 Å². The van der Waals surface area contributed by atoms with E-state index in [1.54, 1.807) is 0 Å². The molecule has 0 saturated heterocycles. The second-order valence-electron chi connectivity index (χ2n) is 14.8. The third-order valence-corrected chi connectivity index (χ3v) is 27.1. The van der Waals surface area contributed by atoms with Gasteiger partial charge in [0.05, 0.1) is 0 Å². The van der Waals surface area contributed by atoms with E-state index >= 15 is 4.57 Å². The summed E-state index contributed by atoms with van der Waals surface area (Å²) in [6, 6.07) is 92.5. The first kappa shape index (κ1) is 39.5. The molecule has 0 atom stereocenters. The summed E-state index contributed by atoms with van der Waals surface area (Å²) in [4.78, 5) is 0. The molecule has 3 nitrogen and oxygen atoms in total.